The first-order valence-electron chi connectivity index (χ1n) is 8.48. The van der Waals surface area contributed by atoms with Gasteiger partial charge in [-0.1, -0.05) is 44.2 Å². The van der Waals surface area contributed by atoms with Crippen LogP contribution >= 0.6 is 0 Å². The van der Waals surface area contributed by atoms with E-state index in [0.29, 0.717) is 26.2 Å². The van der Waals surface area contributed by atoms with E-state index in [1.807, 2.05) is 18.2 Å². The number of rotatable bonds is 7. The third kappa shape index (κ3) is 5.05. The maximum absolute atomic E-state index is 12.2. The zero-order valence-electron chi connectivity index (χ0n) is 14.3. The van der Waals surface area contributed by atoms with Gasteiger partial charge in [0.15, 0.2) is 0 Å². The van der Waals surface area contributed by atoms with Gasteiger partial charge in [0.1, 0.15) is 0 Å². The molecule has 0 saturated carbocycles. The molecule has 4 nitrogen and oxygen atoms in total. The van der Waals surface area contributed by atoms with E-state index in [4.69, 9.17) is 4.74 Å². The first-order chi connectivity index (χ1) is 11.0. The molecule has 0 spiro atoms. The first kappa shape index (κ1) is 18.0. The second kappa shape index (κ2) is 7.93. The number of aliphatic hydroxyl groups is 1. The molecule has 0 aromatic heterocycles. The van der Waals surface area contributed by atoms with Gasteiger partial charge >= 0.3 is 0 Å². The Morgan fingerprint density at radius 2 is 1.91 bits per heavy atom. The highest BCUT2D eigenvalue weighted by Crippen LogP contribution is 2.30. The molecule has 1 aromatic rings. The maximum Gasteiger partial charge on any atom is 0.220 e. The molecule has 0 aliphatic carbocycles. The van der Waals surface area contributed by atoms with Gasteiger partial charge in [-0.2, -0.15) is 0 Å². The van der Waals surface area contributed by atoms with Gasteiger partial charge in [0.25, 0.3) is 0 Å². The molecule has 0 atom stereocenters. The molecule has 4 heteroatoms. The van der Waals surface area contributed by atoms with Crippen molar-refractivity contribution >= 4 is 5.91 Å². The highest BCUT2D eigenvalue weighted by Gasteiger charge is 2.32. The van der Waals surface area contributed by atoms with E-state index in [2.05, 4.69) is 31.3 Å². The lowest BCUT2D eigenvalue weighted by Crippen LogP contribution is -2.43. The Kier molecular flexibility index (Phi) is 6.19. The minimum absolute atomic E-state index is 0.0219. The fraction of sp³-hybridized carbons (Fsp3) is 0.632. The van der Waals surface area contributed by atoms with E-state index in [-0.39, 0.29) is 23.3 Å². The van der Waals surface area contributed by atoms with Crippen molar-refractivity contribution in [2.45, 2.75) is 44.9 Å². The topological polar surface area (TPSA) is 58.6 Å². The molecular formula is C19H29NO3. The van der Waals surface area contributed by atoms with Gasteiger partial charge in [-0.05, 0) is 30.2 Å². The van der Waals surface area contributed by atoms with Crippen molar-refractivity contribution in [1.29, 1.82) is 0 Å². The smallest absolute Gasteiger partial charge is 0.220 e. The van der Waals surface area contributed by atoms with Crippen LogP contribution in [0.4, 0.5) is 0 Å². The molecule has 1 aliphatic rings. The van der Waals surface area contributed by atoms with E-state index in [0.717, 1.165) is 19.3 Å². The van der Waals surface area contributed by atoms with Gasteiger partial charge in [0, 0.05) is 31.6 Å². The summed E-state index contributed by atoms with van der Waals surface area (Å²) in [5, 5.41) is 12.7. The van der Waals surface area contributed by atoms with Crippen LogP contribution in [0.5, 0.6) is 0 Å². The summed E-state index contributed by atoms with van der Waals surface area (Å²) in [6.45, 7) is 6.31. The molecule has 1 aliphatic heterocycles. The van der Waals surface area contributed by atoms with E-state index >= 15 is 0 Å². The van der Waals surface area contributed by atoms with Crippen LogP contribution in [0.1, 0.15) is 45.1 Å². The average Bonchev–Trinajstić information content (AvgIpc) is 2.60. The summed E-state index contributed by atoms with van der Waals surface area (Å²) in [6.07, 6.45) is 2.91. The largest absolute Gasteiger partial charge is 0.396 e. The molecule has 1 amide bonds. The van der Waals surface area contributed by atoms with Crippen molar-refractivity contribution < 1.29 is 14.6 Å². The van der Waals surface area contributed by atoms with Crippen LogP contribution < -0.4 is 5.32 Å². The van der Waals surface area contributed by atoms with E-state index in [1.54, 1.807) is 0 Å². The molecule has 0 unspecified atom stereocenters. The van der Waals surface area contributed by atoms with E-state index < -0.39 is 0 Å². The summed E-state index contributed by atoms with van der Waals surface area (Å²) < 4.78 is 5.35. The number of hydrogen-bond acceptors (Lipinski definition) is 3. The van der Waals surface area contributed by atoms with Crippen LogP contribution in [0.25, 0.3) is 0 Å². The summed E-state index contributed by atoms with van der Waals surface area (Å²) in [7, 11) is 0. The lowest BCUT2D eigenvalue weighted by Gasteiger charge is -2.35. The Bertz CT molecular complexity index is 493. The minimum Gasteiger partial charge on any atom is -0.396 e. The molecule has 1 heterocycles. The second-order valence-corrected chi connectivity index (χ2v) is 7.30. The Hall–Kier alpha value is -1.39. The number of ether oxygens (including phenoxy) is 1. The number of benzene rings is 1. The van der Waals surface area contributed by atoms with Gasteiger partial charge < -0.3 is 15.2 Å². The van der Waals surface area contributed by atoms with Crippen molar-refractivity contribution in [2.24, 2.45) is 5.41 Å². The maximum atomic E-state index is 12.2. The molecular weight excluding hydrogens is 290 g/mol. The molecule has 23 heavy (non-hydrogen) atoms. The van der Waals surface area contributed by atoms with Crippen LogP contribution in [0, 0.1) is 5.41 Å². The molecule has 1 fully saturated rings. The van der Waals surface area contributed by atoms with Crippen molar-refractivity contribution in [1.82, 2.24) is 5.32 Å². The summed E-state index contributed by atoms with van der Waals surface area (Å²) in [4.78, 5) is 12.2. The zero-order valence-corrected chi connectivity index (χ0v) is 14.3. The minimum atomic E-state index is -0.205. The van der Waals surface area contributed by atoms with Crippen molar-refractivity contribution in [2.75, 3.05) is 26.4 Å². The van der Waals surface area contributed by atoms with E-state index in [1.165, 1.54) is 5.56 Å². The van der Waals surface area contributed by atoms with Gasteiger partial charge in [-0.25, -0.2) is 0 Å². The predicted octanol–water partition coefficient (Wildman–Crippen LogP) is 2.65. The van der Waals surface area contributed by atoms with Crippen molar-refractivity contribution in [3.63, 3.8) is 0 Å². The molecule has 0 bridgehead atoms. The molecule has 1 aromatic carbocycles. The molecule has 2 N–H and O–H groups in total. The zero-order chi connectivity index (χ0) is 16.8. The third-order valence-corrected chi connectivity index (χ3v) is 5.08. The number of nitrogens with one attached hydrogen (secondary N) is 1. The molecule has 128 valence electrons. The predicted molar refractivity (Wildman–Crippen MR) is 91.3 cm³/mol. The fourth-order valence-electron chi connectivity index (χ4n) is 3.03. The van der Waals surface area contributed by atoms with Crippen LogP contribution in [-0.4, -0.2) is 37.4 Å². The standard InChI is InChI=1S/C19H29NO3/c1-18(2,16-6-4-3-5-7-16)9-8-17(22)20-14-19(15-21)10-12-23-13-11-19/h3-7,21H,8-15H2,1-2H3,(H,20,22). The summed E-state index contributed by atoms with van der Waals surface area (Å²) >= 11 is 0. The lowest BCUT2D eigenvalue weighted by atomic mass is 9.80. The monoisotopic (exact) mass is 319 g/mol. The normalized spacial score (nSPS) is 17.7. The Balaban J connectivity index is 1.81. The second-order valence-electron chi connectivity index (χ2n) is 7.30. The first-order valence-corrected chi connectivity index (χ1v) is 8.48. The number of hydrogen-bond donors (Lipinski definition) is 2. The van der Waals surface area contributed by atoms with Crippen LogP contribution in [0.15, 0.2) is 30.3 Å². The fourth-order valence-corrected chi connectivity index (χ4v) is 3.03. The molecule has 0 radical (unpaired) electrons. The van der Waals surface area contributed by atoms with Crippen LogP contribution in [-0.2, 0) is 14.9 Å². The lowest BCUT2D eigenvalue weighted by molar-refractivity contribution is -0.122. The number of carbonyl (C=O) groups is 1. The summed E-state index contributed by atoms with van der Waals surface area (Å²) in [5.74, 6) is 0.0633. The highest BCUT2D eigenvalue weighted by molar-refractivity contribution is 5.76. The van der Waals surface area contributed by atoms with Gasteiger partial charge in [0.2, 0.25) is 5.91 Å². The summed E-state index contributed by atoms with van der Waals surface area (Å²) in [6, 6.07) is 10.3. The molecule has 2 rings (SSSR count). The SMILES string of the molecule is CC(C)(CCC(=O)NCC1(CO)CCOCC1)c1ccccc1. The van der Waals surface area contributed by atoms with Crippen molar-refractivity contribution in [3.05, 3.63) is 35.9 Å². The average molecular weight is 319 g/mol. The quantitative estimate of drug-likeness (QED) is 0.812. The number of carbonyl (C=O) groups excluding carboxylic acids is 1. The third-order valence-electron chi connectivity index (χ3n) is 5.08. The number of amides is 1. The van der Waals surface area contributed by atoms with E-state index in [9.17, 15) is 9.90 Å². The Morgan fingerprint density at radius 3 is 2.52 bits per heavy atom. The van der Waals surface area contributed by atoms with Crippen molar-refractivity contribution in [3.8, 4) is 0 Å². The van der Waals surface area contributed by atoms with Crippen LogP contribution in [0.2, 0.25) is 0 Å². The van der Waals surface area contributed by atoms with Gasteiger partial charge in [-0.15, -0.1) is 0 Å². The molecule has 1 saturated heterocycles. The highest BCUT2D eigenvalue weighted by atomic mass is 16.5. The number of aliphatic hydroxyl groups excluding tert-OH is 1. The Morgan fingerprint density at radius 1 is 1.26 bits per heavy atom. The van der Waals surface area contributed by atoms with Gasteiger partial charge in [0.05, 0.1) is 6.61 Å². The summed E-state index contributed by atoms with van der Waals surface area (Å²) in [5.41, 5.74) is 1.03. The van der Waals surface area contributed by atoms with Gasteiger partial charge in [-0.3, -0.25) is 4.79 Å². The van der Waals surface area contributed by atoms with Crippen LogP contribution in [0.3, 0.4) is 0 Å². The Labute approximate surface area is 139 Å².